The number of rotatable bonds is 9. The van der Waals surface area contributed by atoms with E-state index in [1.807, 2.05) is 24.3 Å². The number of hydrogen-bond donors (Lipinski definition) is 0. The smallest absolute Gasteiger partial charge is 0.264 e. The van der Waals surface area contributed by atoms with E-state index >= 15 is 0 Å². The molecule has 0 saturated heterocycles. The van der Waals surface area contributed by atoms with Gasteiger partial charge in [-0.1, -0.05) is 47.5 Å². The minimum atomic E-state index is -3.40. The van der Waals surface area contributed by atoms with Crippen LogP contribution in [0, 0.1) is 0 Å². The molecule has 152 valence electrons. The fourth-order valence-electron chi connectivity index (χ4n) is 2.73. The average Bonchev–Trinajstić information content (AvgIpc) is 2.65. The first-order valence-electron chi connectivity index (χ1n) is 8.83. The van der Waals surface area contributed by atoms with E-state index < -0.39 is 10.1 Å². The first kappa shape index (κ1) is 22.7. The third-order valence-electron chi connectivity index (χ3n) is 4.17. The molecule has 2 aromatic rings. The summed E-state index contributed by atoms with van der Waals surface area (Å²) in [7, 11) is -1.65. The molecule has 2 aromatic carbocycles. The summed E-state index contributed by atoms with van der Waals surface area (Å²) < 4.78 is 26.5. The van der Waals surface area contributed by atoms with E-state index in [2.05, 4.69) is 0 Å². The summed E-state index contributed by atoms with van der Waals surface area (Å²) in [6.07, 6.45) is 3.17. The molecule has 5 nitrogen and oxygen atoms in total. The molecule has 0 spiro atoms. The number of unbranched alkanes of at least 4 members (excludes halogenated alkanes) is 2. The van der Waals surface area contributed by atoms with Crippen LogP contribution in [0.4, 0.5) is 0 Å². The number of nitrogens with zero attached hydrogens (tertiary/aromatic N) is 1. The van der Waals surface area contributed by atoms with Gasteiger partial charge in [0.1, 0.15) is 0 Å². The normalized spacial score (nSPS) is 11.4. The Morgan fingerprint density at radius 1 is 1.04 bits per heavy atom. The molecule has 0 aliphatic carbocycles. The number of carbonyl (C=O) groups is 1. The second-order valence-electron chi connectivity index (χ2n) is 6.49. The Labute approximate surface area is 176 Å². The summed E-state index contributed by atoms with van der Waals surface area (Å²) in [6.45, 7) is 0.726. The van der Waals surface area contributed by atoms with Crippen molar-refractivity contribution in [3.8, 4) is 11.1 Å². The lowest BCUT2D eigenvalue weighted by molar-refractivity contribution is 0.0793. The molecule has 0 atom stereocenters. The third kappa shape index (κ3) is 6.78. The second-order valence-corrected chi connectivity index (χ2v) is 8.95. The van der Waals surface area contributed by atoms with Crippen LogP contribution in [0.15, 0.2) is 42.5 Å². The zero-order valence-electron chi connectivity index (χ0n) is 15.8. The van der Waals surface area contributed by atoms with Crippen molar-refractivity contribution in [3.63, 3.8) is 0 Å². The molecule has 28 heavy (non-hydrogen) atoms. The molecular weight excluding hydrogens is 421 g/mol. The van der Waals surface area contributed by atoms with Crippen molar-refractivity contribution in [1.82, 2.24) is 4.90 Å². The minimum Gasteiger partial charge on any atom is -0.342 e. The van der Waals surface area contributed by atoms with E-state index in [9.17, 15) is 13.2 Å². The Morgan fingerprint density at radius 3 is 2.43 bits per heavy atom. The summed E-state index contributed by atoms with van der Waals surface area (Å²) in [5, 5.41) is 0.900. The van der Waals surface area contributed by atoms with Gasteiger partial charge in [0.2, 0.25) is 0 Å². The summed E-state index contributed by atoms with van der Waals surface area (Å²) >= 11 is 12.1. The molecule has 0 heterocycles. The van der Waals surface area contributed by atoms with Crippen LogP contribution in [0.3, 0.4) is 0 Å². The minimum absolute atomic E-state index is 0.0888. The average molecular weight is 444 g/mol. The van der Waals surface area contributed by atoms with Crippen molar-refractivity contribution in [2.24, 2.45) is 0 Å². The van der Waals surface area contributed by atoms with Crippen LogP contribution < -0.4 is 0 Å². The van der Waals surface area contributed by atoms with Gasteiger partial charge in [-0.3, -0.25) is 8.98 Å². The van der Waals surface area contributed by atoms with Gasteiger partial charge in [-0.25, -0.2) is 0 Å². The number of halogens is 2. The van der Waals surface area contributed by atoms with Gasteiger partial charge in [-0.05, 0) is 48.6 Å². The van der Waals surface area contributed by atoms with E-state index in [-0.39, 0.29) is 12.5 Å². The predicted molar refractivity (Wildman–Crippen MR) is 114 cm³/mol. The monoisotopic (exact) mass is 443 g/mol. The Hall–Kier alpha value is -1.60. The highest BCUT2D eigenvalue weighted by Crippen LogP contribution is 2.30. The van der Waals surface area contributed by atoms with Crippen LogP contribution in [0.5, 0.6) is 0 Å². The van der Waals surface area contributed by atoms with Crippen molar-refractivity contribution in [2.45, 2.75) is 19.3 Å². The maximum atomic E-state index is 12.9. The lowest BCUT2D eigenvalue weighted by atomic mass is 9.99. The van der Waals surface area contributed by atoms with E-state index in [0.717, 1.165) is 30.2 Å². The number of carbonyl (C=O) groups excluding carboxylic acids is 1. The van der Waals surface area contributed by atoms with Gasteiger partial charge in [0.15, 0.2) is 0 Å². The first-order valence-corrected chi connectivity index (χ1v) is 11.4. The van der Waals surface area contributed by atoms with Crippen molar-refractivity contribution in [1.29, 1.82) is 0 Å². The Bertz CT molecular complexity index is 932. The van der Waals surface area contributed by atoms with E-state index in [1.165, 1.54) is 0 Å². The molecule has 0 bridgehead atoms. The molecule has 0 N–H and O–H groups in total. The Morgan fingerprint density at radius 2 is 1.75 bits per heavy atom. The largest absolute Gasteiger partial charge is 0.342 e. The maximum absolute atomic E-state index is 12.9. The fraction of sp³-hybridized carbons (Fsp3) is 0.350. The van der Waals surface area contributed by atoms with Crippen LogP contribution in [-0.2, 0) is 14.3 Å². The SMILES string of the molecule is CN(CCCCCOS(C)(=O)=O)C(=O)c1ccccc1-c1ccc(Cl)c(Cl)c1. The standard InChI is InChI=1S/C20H23Cl2NO4S/c1-23(12-6-3-7-13-27-28(2,25)26)20(24)17-9-5-4-8-16(17)15-10-11-18(21)19(22)14-15/h4-5,8-11,14H,3,6-7,12-13H2,1-2H3. The van der Waals surface area contributed by atoms with Gasteiger partial charge >= 0.3 is 0 Å². The first-order chi connectivity index (χ1) is 13.2. The summed E-state index contributed by atoms with van der Waals surface area (Å²) in [5.41, 5.74) is 2.20. The zero-order valence-corrected chi connectivity index (χ0v) is 18.1. The van der Waals surface area contributed by atoms with Gasteiger partial charge in [-0.15, -0.1) is 0 Å². The zero-order chi connectivity index (χ0) is 20.7. The Balaban J connectivity index is 1.99. The van der Waals surface area contributed by atoms with Crippen molar-refractivity contribution < 1.29 is 17.4 Å². The lowest BCUT2D eigenvalue weighted by Crippen LogP contribution is -2.28. The van der Waals surface area contributed by atoms with E-state index in [0.29, 0.717) is 28.6 Å². The van der Waals surface area contributed by atoms with Crippen LogP contribution >= 0.6 is 23.2 Å². The summed E-state index contributed by atoms with van der Waals surface area (Å²) in [4.78, 5) is 14.6. The number of amides is 1. The van der Waals surface area contributed by atoms with Gasteiger partial charge in [-0.2, -0.15) is 8.42 Å². The van der Waals surface area contributed by atoms with E-state index in [4.69, 9.17) is 27.4 Å². The molecule has 0 aliphatic rings. The lowest BCUT2D eigenvalue weighted by Gasteiger charge is -2.19. The van der Waals surface area contributed by atoms with Crippen molar-refractivity contribution in [2.75, 3.05) is 26.5 Å². The highest BCUT2D eigenvalue weighted by Gasteiger charge is 2.16. The Kier molecular flexibility index (Phi) is 8.31. The molecule has 0 radical (unpaired) electrons. The van der Waals surface area contributed by atoms with Gasteiger partial charge in [0, 0.05) is 19.2 Å². The molecule has 8 heteroatoms. The quantitative estimate of drug-likeness (QED) is 0.409. The van der Waals surface area contributed by atoms with Gasteiger partial charge < -0.3 is 4.90 Å². The number of hydrogen-bond acceptors (Lipinski definition) is 4. The molecule has 2 rings (SSSR count). The van der Waals surface area contributed by atoms with Crippen molar-refractivity contribution >= 4 is 39.2 Å². The summed E-state index contributed by atoms with van der Waals surface area (Å²) in [6, 6.07) is 12.7. The topological polar surface area (TPSA) is 63.7 Å². The van der Waals surface area contributed by atoms with E-state index in [1.54, 1.807) is 30.1 Å². The van der Waals surface area contributed by atoms with Crippen LogP contribution in [0.1, 0.15) is 29.6 Å². The molecule has 0 saturated carbocycles. The van der Waals surface area contributed by atoms with Crippen molar-refractivity contribution in [3.05, 3.63) is 58.1 Å². The predicted octanol–water partition coefficient (Wildman–Crippen LogP) is 4.88. The molecule has 0 unspecified atom stereocenters. The van der Waals surface area contributed by atoms with Crippen LogP contribution in [0.2, 0.25) is 10.0 Å². The molecular formula is C20H23Cl2NO4S. The second kappa shape index (κ2) is 10.3. The number of benzene rings is 2. The molecule has 1 amide bonds. The van der Waals surface area contributed by atoms with Crippen LogP contribution in [-0.4, -0.2) is 45.7 Å². The van der Waals surface area contributed by atoms with Crippen LogP contribution in [0.25, 0.3) is 11.1 Å². The maximum Gasteiger partial charge on any atom is 0.264 e. The molecule has 0 fully saturated rings. The summed E-state index contributed by atoms with van der Waals surface area (Å²) in [5.74, 6) is -0.0888. The third-order valence-corrected chi connectivity index (χ3v) is 5.50. The molecule has 0 aliphatic heterocycles. The molecule has 0 aromatic heterocycles. The van der Waals surface area contributed by atoms with Gasteiger partial charge in [0.05, 0.1) is 22.9 Å². The highest BCUT2D eigenvalue weighted by atomic mass is 35.5. The fourth-order valence-corrected chi connectivity index (χ4v) is 3.45. The highest BCUT2D eigenvalue weighted by molar-refractivity contribution is 7.85. The van der Waals surface area contributed by atoms with Gasteiger partial charge in [0.25, 0.3) is 16.0 Å².